The molecule has 1 aromatic heterocycles. The zero-order valence-corrected chi connectivity index (χ0v) is 15.7. The van der Waals surface area contributed by atoms with Crippen molar-refractivity contribution in [3.63, 3.8) is 0 Å². The first-order chi connectivity index (χ1) is 11.9. The monoisotopic (exact) mass is 341 g/mol. The second-order valence-electron chi connectivity index (χ2n) is 6.50. The van der Waals surface area contributed by atoms with Gasteiger partial charge in [-0.15, -0.1) is 0 Å². The van der Waals surface area contributed by atoms with Gasteiger partial charge >= 0.3 is 0 Å². The van der Waals surface area contributed by atoms with E-state index in [0.29, 0.717) is 13.0 Å². The number of aryl methyl sites for hydroxylation is 2. The lowest BCUT2D eigenvalue weighted by atomic mass is 10.0. The molecule has 5 heteroatoms. The van der Waals surface area contributed by atoms with Crippen LogP contribution in [0.1, 0.15) is 30.8 Å². The van der Waals surface area contributed by atoms with Gasteiger partial charge in [0.15, 0.2) is 0 Å². The zero-order chi connectivity index (χ0) is 18.4. The van der Waals surface area contributed by atoms with Crippen LogP contribution in [0.4, 0.5) is 0 Å². The van der Waals surface area contributed by atoms with Crippen LogP contribution in [0.15, 0.2) is 42.0 Å². The highest BCUT2D eigenvalue weighted by Gasteiger charge is 2.10. The predicted octanol–water partition coefficient (Wildman–Crippen LogP) is 3.20. The largest absolute Gasteiger partial charge is 0.496 e. The highest BCUT2D eigenvalue weighted by atomic mass is 16.5. The van der Waals surface area contributed by atoms with Gasteiger partial charge in [0.25, 0.3) is 0 Å². The summed E-state index contributed by atoms with van der Waals surface area (Å²) < 4.78 is 7.28. The maximum Gasteiger partial charge on any atom is 0.244 e. The lowest BCUT2D eigenvalue weighted by Gasteiger charge is -2.14. The number of nitrogens with zero attached hydrogens (tertiary/aromatic N) is 2. The average molecular weight is 341 g/mol. The van der Waals surface area contributed by atoms with Crippen molar-refractivity contribution in [1.82, 2.24) is 15.1 Å². The smallest absolute Gasteiger partial charge is 0.244 e. The zero-order valence-electron chi connectivity index (χ0n) is 15.7. The van der Waals surface area contributed by atoms with E-state index in [2.05, 4.69) is 10.4 Å². The van der Waals surface area contributed by atoms with Crippen molar-refractivity contribution in [2.75, 3.05) is 7.11 Å². The Bertz CT molecular complexity index is 762. The number of benzene rings is 1. The Morgan fingerprint density at radius 2 is 2.08 bits per heavy atom. The first kappa shape index (κ1) is 18.8. The molecule has 1 amide bonds. The number of rotatable bonds is 7. The second-order valence-corrected chi connectivity index (χ2v) is 6.50. The molecule has 0 bridgehead atoms. The number of methoxy groups -OCH3 is 1. The number of aromatic nitrogens is 2. The lowest BCUT2D eigenvalue weighted by molar-refractivity contribution is -0.117. The number of nitrogens with one attached hydrogen (secondary N) is 1. The summed E-state index contributed by atoms with van der Waals surface area (Å²) in [6.45, 7) is 8.59. The topological polar surface area (TPSA) is 56.1 Å². The number of hydrogen-bond donors (Lipinski definition) is 1. The molecule has 2 rings (SSSR count). The third kappa shape index (κ3) is 5.48. The van der Waals surface area contributed by atoms with Gasteiger partial charge in [0.05, 0.1) is 19.3 Å². The van der Waals surface area contributed by atoms with Crippen LogP contribution in [0.5, 0.6) is 5.75 Å². The molecule has 134 valence electrons. The van der Waals surface area contributed by atoms with Crippen LogP contribution in [0.25, 0.3) is 0 Å². The quantitative estimate of drug-likeness (QED) is 0.787. The minimum atomic E-state index is -0.0820. The van der Waals surface area contributed by atoms with E-state index in [4.69, 9.17) is 4.74 Å². The van der Waals surface area contributed by atoms with Crippen LogP contribution in [0.2, 0.25) is 0 Å². The molecule has 0 saturated heterocycles. The molecule has 0 radical (unpaired) electrons. The van der Waals surface area contributed by atoms with E-state index in [0.717, 1.165) is 28.3 Å². The van der Waals surface area contributed by atoms with Crippen molar-refractivity contribution < 1.29 is 9.53 Å². The van der Waals surface area contributed by atoms with E-state index in [-0.39, 0.29) is 11.9 Å². The third-order valence-electron chi connectivity index (χ3n) is 3.98. The Morgan fingerprint density at radius 1 is 1.36 bits per heavy atom. The summed E-state index contributed by atoms with van der Waals surface area (Å²) in [5, 5.41) is 7.43. The molecular weight excluding hydrogens is 314 g/mol. The SMILES string of the molecule is COc1ccccc1C/C(C)=C/C(=O)NC(C)Cn1nc(C)cc1C. The molecule has 25 heavy (non-hydrogen) atoms. The van der Waals surface area contributed by atoms with Crippen LogP contribution >= 0.6 is 0 Å². The van der Waals surface area contributed by atoms with Crippen molar-refractivity contribution in [3.05, 3.63) is 58.9 Å². The summed E-state index contributed by atoms with van der Waals surface area (Å²) in [5.41, 5.74) is 4.15. The van der Waals surface area contributed by atoms with Crippen LogP contribution in [0.3, 0.4) is 0 Å². The van der Waals surface area contributed by atoms with Crippen molar-refractivity contribution in [2.24, 2.45) is 0 Å². The van der Waals surface area contributed by atoms with Crippen LogP contribution in [-0.2, 0) is 17.8 Å². The summed E-state index contributed by atoms with van der Waals surface area (Å²) in [4.78, 5) is 12.2. The Morgan fingerprint density at radius 3 is 2.72 bits per heavy atom. The molecular formula is C20H27N3O2. The molecule has 0 aliphatic carbocycles. The molecule has 0 aliphatic heterocycles. The maximum atomic E-state index is 12.2. The fraction of sp³-hybridized carbons (Fsp3) is 0.400. The minimum absolute atomic E-state index is 0.000751. The van der Waals surface area contributed by atoms with Crippen molar-refractivity contribution in [1.29, 1.82) is 0 Å². The molecule has 0 aliphatic rings. The summed E-state index contributed by atoms with van der Waals surface area (Å²) in [7, 11) is 1.66. The number of hydrogen-bond acceptors (Lipinski definition) is 3. The molecule has 2 aromatic rings. The van der Waals surface area contributed by atoms with Gasteiger partial charge in [-0.05, 0) is 51.8 Å². The molecule has 0 spiro atoms. The molecule has 0 fully saturated rings. The van der Waals surface area contributed by atoms with Crippen LogP contribution in [-0.4, -0.2) is 28.8 Å². The van der Waals surface area contributed by atoms with E-state index in [1.54, 1.807) is 13.2 Å². The minimum Gasteiger partial charge on any atom is -0.496 e. The van der Waals surface area contributed by atoms with Crippen LogP contribution < -0.4 is 10.1 Å². The average Bonchev–Trinajstić information content (AvgIpc) is 2.84. The van der Waals surface area contributed by atoms with Gasteiger partial charge in [-0.2, -0.15) is 5.10 Å². The summed E-state index contributed by atoms with van der Waals surface area (Å²) in [6.07, 6.45) is 2.34. The predicted molar refractivity (Wildman–Crippen MR) is 99.8 cm³/mol. The normalized spacial score (nSPS) is 12.8. The van der Waals surface area contributed by atoms with E-state index < -0.39 is 0 Å². The number of carbonyl (C=O) groups excluding carboxylic acids is 1. The number of ether oxygens (including phenoxy) is 1. The number of carbonyl (C=O) groups is 1. The Balaban J connectivity index is 1.93. The van der Waals surface area contributed by atoms with Crippen molar-refractivity contribution in [2.45, 2.75) is 46.7 Å². The number of allylic oxidation sites excluding steroid dienone is 1. The summed E-state index contributed by atoms with van der Waals surface area (Å²) in [5.74, 6) is 0.759. The van der Waals surface area contributed by atoms with Gasteiger partial charge < -0.3 is 10.1 Å². The van der Waals surface area contributed by atoms with E-state index >= 15 is 0 Å². The maximum absolute atomic E-state index is 12.2. The van der Waals surface area contributed by atoms with Gasteiger partial charge in [-0.1, -0.05) is 23.8 Å². The standard InChI is InChI=1S/C20H27N3O2/c1-14(10-18-8-6-7-9-19(18)25-5)11-20(24)21-16(3)13-23-17(4)12-15(2)22-23/h6-9,11-12,16H,10,13H2,1-5H3,(H,21,24)/b14-11+. The highest BCUT2D eigenvalue weighted by Crippen LogP contribution is 2.20. The van der Waals surface area contributed by atoms with Gasteiger partial charge in [0, 0.05) is 17.8 Å². The van der Waals surface area contributed by atoms with Crippen LogP contribution in [0, 0.1) is 13.8 Å². The first-order valence-electron chi connectivity index (χ1n) is 8.49. The Hall–Kier alpha value is -2.56. The Labute approximate surface area is 149 Å². The molecule has 0 saturated carbocycles. The fourth-order valence-corrected chi connectivity index (χ4v) is 2.87. The molecule has 1 atom stereocenters. The molecule has 1 aromatic carbocycles. The highest BCUT2D eigenvalue weighted by molar-refractivity contribution is 5.88. The van der Waals surface area contributed by atoms with Gasteiger partial charge in [-0.25, -0.2) is 0 Å². The first-order valence-corrected chi connectivity index (χ1v) is 8.49. The van der Waals surface area contributed by atoms with Crippen molar-refractivity contribution >= 4 is 5.91 Å². The lowest BCUT2D eigenvalue weighted by Crippen LogP contribution is -2.35. The third-order valence-corrected chi connectivity index (χ3v) is 3.98. The second kappa shape index (κ2) is 8.51. The number of amides is 1. The fourth-order valence-electron chi connectivity index (χ4n) is 2.87. The van der Waals surface area contributed by atoms with E-state index in [1.807, 2.05) is 62.7 Å². The van der Waals surface area contributed by atoms with Crippen molar-refractivity contribution in [3.8, 4) is 5.75 Å². The van der Waals surface area contributed by atoms with Gasteiger partial charge in [-0.3, -0.25) is 9.48 Å². The molecule has 1 unspecified atom stereocenters. The van der Waals surface area contributed by atoms with E-state index in [1.165, 1.54) is 0 Å². The molecule has 1 N–H and O–H groups in total. The van der Waals surface area contributed by atoms with E-state index in [9.17, 15) is 4.79 Å². The van der Waals surface area contributed by atoms with Gasteiger partial charge in [0.1, 0.15) is 5.75 Å². The molecule has 1 heterocycles. The summed E-state index contributed by atoms with van der Waals surface area (Å²) >= 11 is 0. The Kier molecular flexibility index (Phi) is 6.39. The summed E-state index contributed by atoms with van der Waals surface area (Å²) in [6, 6.07) is 9.89. The molecule has 5 nitrogen and oxygen atoms in total. The number of para-hydroxylation sites is 1. The van der Waals surface area contributed by atoms with Gasteiger partial charge in [0.2, 0.25) is 5.91 Å².